The third-order valence-corrected chi connectivity index (χ3v) is 1.87. The van der Waals surface area contributed by atoms with Crippen molar-refractivity contribution in [1.82, 2.24) is 25.9 Å². The highest BCUT2D eigenvalue weighted by atomic mass is 16.2. The number of benzene rings is 1. The van der Waals surface area contributed by atoms with E-state index in [0.717, 1.165) is 5.69 Å². The molecule has 0 aliphatic rings. The fourth-order valence-corrected chi connectivity index (χ4v) is 1.14. The standard InChI is InChI=1S/C9H11N7O/c17-9(12-7-4-2-1-3-5-7)11-6-10-8-13-15-16-14-8/h1-5H,6H2,(H2,11,12,17)(H2,10,13,14,15,16). The molecule has 0 aliphatic carbocycles. The van der Waals surface area contributed by atoms with Crippen LogP contribution in [-0.4, -0.2) is 33.3 Å². The molecular formula is C9H11N7O. The lowest BCUT2D eigenvalue weighted by Crippen LogP contribution is -2.33. The van der Waals surface area contributed by atoms with Gasteiger partial charge in [0.05, 0.1) is 6.67 Å². The molecule has 2 aromatic rings. The molecule has 0 bridgehead atoms. The van der Waals surface area contributed by atoms with E-state index in [-0.39, 0.29) is 12.7 Å². The number of para-hydroxylation sites is 1. The quantitative estimate of drug-likeness (QED) is 0.571. The van der Waals surface area contributed by atoms with Crippen molar-refractivity contribution in [2.75, 3.05) is 17.3 Å². The van der Waals surface area contributed by atoms with Crippen molar-refractivity contribution in [2.24, 2.45) is 0 Å². The maximum absolute atomic E-state index is 11.4. The Kier molecular flexibility index (Phi) is 3.48. The molecule has 0 saturated heterocycles. The van der Waals surface area contributed by atoms with Crippen LogP contribution in [0.25, 0.3) is 0 Å². The number of hydrogen-bond donors (Lipinski definition) is 4. The molecule has 8 nitrogen and oxygen atoms in total. The molecule has 2 rings (SSSR count). The number of urea groups is 1. The van der Waals surface area contributed by atoms with E-state index >= 15 is 0 Å². The van der Waals surface area contributed by atoms with Gasteiger partial charge in [0, 0.05) is 5.69 Å². The number of amides is 2. The van der Waals surface area contributed by atoms with Gasteiger partial charge < -0.3 is 16.0 Å². The minimum atomic E-state index is -0.313. The first kappa shape index (κ1) is 10.9. The largest absolute Gasteiger partial charge is 0.334 e. The number of aromatic amines is 1. The molecular weight excluding hydrogens is 222 g/mol. The molecule has 0 spiro atoms. The maximum atomic E-state index is 11.4. The molecule has 0 saturated carbocycles. The Labute approximate surface area is 96.8 Å². The number of nitrogens with one attached hydrogen (secondary N) is 4. The third-order valence-electron chi connectivity index (χ3n) is 1.87. The minimum absolute atomic E-state index is 0.207. The molecule has 88 valence electrons. The minimum Gasteiger partial charge on any atom is -0.334 e. The molecule has 0 fully saturated rings. The molecule has 2 amide bonds. The molecule has 0 aliphatic heterocycles. The Bertz CT molecular complexity index is 455. The Morgan fingerprint density at radius 2 is 2.12 bits per heavy atom. The van der Waals surface area contributed by atoms with E-state index in [0.29, 0.717) is 5.95 Å². The second-order valence-corrected chi connectivity index (χ2v) is 3.09. The third kappa shape index (κ3) is 3.45. The number of rotatable bonds is 4. The van der Waals surface area contributed by atoms with E-state index in [1.54, 1.807) is 12.1 Å². The summed E-state index contributed by atoms with van der Waals surface area (Å²) in [6.07, 6.45) is 0. The molecule has 8 heteroatoms. The highest BCUT2D eigenvalue weighted by Gasteiger charge is 2.00. The van der Waals surface area contributed by atoms with Gasteiger partial charge in [0.1, 0.15) is 0 Å². The van der Waals surface area contributed by atoms with E-state index < -0.39 is 0 Å². The number of carbonyl (C=O) groups excluding carboxylic acids is 1. The van der Waals surface area contributed by atoms with E-state index in [2.05, 4.69) is 36.6 Å². The first-order chi connectivity index (χ1) is 8.34. The van der Waals surface area contributed by atoms with E-state index in [9.17, 15) is 4.79 Å². The molecule has 17 heavy (non-hydrogen) atoms. The van der Waals surface area contributed by atoms with Crippen LogP contribution in [0.3, 0.4) is 0 Å². The van der Waals surface area contributed by atoms with Crippen LogP contribution in [0.5, 0.6) is 0 Å². The summed E-state index contributed by atoms with van der Waals surface area (Å²) in [5.74, 6) is 0.324. The zero-order valence-corrected chi connectivity index (χ0v) is 8.84. The molecule has 1 aromatic carbocycles. The van der Waals surface area contributed by atoms with Gasteiger partial charge in [0.25, 0.3) is 5.95 Å². The highest BCUT2D eigenvalue weighted by molar-refractivity contribution is 5.89. The van der Waals surface area contributed by atoms with Crippen LogP contribution in [0.15, 0.2) is 30.3 Å². The molecule has 4 N–H and O–H groups in total. The number of tetrazole rings is 1. The summed E-state index contributed by atoms with van der Waals surface area (Å²) < 4.78 is 0. The molecule has 0 unspecified atom stereocenters. The normalized spacial score (nSPS) is 9.65. The second-order valence-electron chi connectivity index (χ2n) is 3.09. The Morgan fingerprint density at radius 1 is 1.29 bits per heavy atom. The van der Waals surface area contributed by atoms with Gasteiger partial charge in [-0.25, -0.2) is 4.79 Å². The highest BCUT2D eigenvalue weighted by Crippen LogP contribution is 2.03. The average molecular weight is 233 g/mol. The fourth-order valence-electron chi connectivity index (χ4n) is 1.14. The summed E-state index contributed by atoms with van der Waals surface area (Å²) in [6.45, 7) is 0.207. The smallest absolute Gasteiger partial charge is 0.320 e. The Balaban J connectivity index is 1.71. The van der Waals surface area contributed by atoms with Crippen molar-refractivity contribution in [2.45, 2.75) is 0 Å². The monoisotopic (exact) mass is 233 g/mol. The number of carbonyl (C=O) groups is 1. The van der Waals surface area contributed by atoms with E-state index in [1.165, 1.54) is 0 Å². The van der Waals surface area contributed by atoms with Gasteiger partial charge in [0.15, 0.2) is 0 Å². The zero-order valence-electron chi connectivity index (χ0n) is 8.84. The molecule has 1 heterocycles. The summed E-state index contributed by atoms with van der Waals surface area (Å²) in [5, 5.41) is 21.0. The van der Waals surface area contributed by atoms with Crippen molar-refractivity contribution in [3.05, 3.63) is 30.3 Å². The fraction of sp³-hybridized carbons (Fsp3) is 0.111. The number of nitrogens with zero attached hydrogens (tertiary/aromatic N) is 3. The van der Waals surface area contributed by atoms with Crippen molar-refractivity contribution in [3.8, 4) is 0 Å². The van der Waals surface area contributed by atoms with Crippen LogP contribution in [-0.2, 0) is 0 Å². The summed E-state index contributed by atoms with van der Waals surface area (Å²) in [5.41, 5.74) is 0.726. The number of aromatic nitrogens is 4. The summed E-state index contributed by atoms with van der Waals surface area (Å²) in [4.78, 5) is 11.4. The number of anilines is 2. The van der Waals surface area contributed by atoms with Crippen LogP contribution < -0.4 is 16.0 Å². The summed E-state index contributed by atoms with van der Waals surface area (Å²) in [6, 6.07) is 8.84. The van der Waals surface area contributed by atoms with Gasteiger partial charge >= 0.3 is 6.03 Å². The van der Waals surface area contributed by atoms with Crippen molar-refractivity contribution in [1.29, 1.82) is 0 Å². The Morgan fingerprint density at radius 3 is 2.82 bits per heavy atom. The first-order valence-electron chi connectivity index (χ1n) is 4.92. The Hall–Kier alpha value is -2.64. The number of H-pyrrole nitrogens is 1. The van der Waals surface area contributed by atoms with Crippen LogP contribution in [0.1, 0.15) is 0 Å². The first-order valence-corrected chi connectivity index (χ1v) is 4.92. The van der Waals surface area contributed by atoms with Gasteiger partial charge in [-0.3, -0.25) is 0 Å². The predicted octanol–water partition coefficient (Wildman–Crippen LogP) is 0.391. The van der Waals surface area contributed by atoms with Crippen LogP contribution in [0, 0.1) is 0 Å². The number of hydrogen-bond acceptors (Lipinski definition) is 5. The van der Waals surface area contributed by atoms with E-state index in [1.807, 2.05) is 18.2 Å². The summed E-state index contributed by atoms with van der Waals surface area (Å²) >= 11 is 0. The molecule has 1 aromatic heterocycles. The SMILES string of the molecule is O=C(NCNc1nn[nH]n1)Nc1ccccc1. The van der Waals surface area contributed by atoms with Crippen LogP contribution >= 0.6 is 0 Å². The predicted molar refractivity (Wildman–Crippen MR) is 61.3 cm³/mol. The van der Waals surface area contributed by atoms with Crippen LogP contribution in [0.4, 0.5) is 16.4 Å². The van der Waals surface area contributed by atoms with Crippen molar-refractivity contribution in [3.63, 3.8) is 0 Å². The van der Waals surface area contributed by atoms with Gasteiger partial charge in [-0.1, -0.05) is 23.3 Å². The van der Waals surface area contributed by atoms with Crippen molar-refractivity contribution < 1.29 is 4.79 Å². The van der Waals surface area contributed by atoms with Gasteiger partial charge in [-0.05, 0) is 17.3 Å². The lowest BCUT2D eigenvalue weighted by molar-refractivity contribution is 0.252. The molecule has 0 radical (unpaired) electrons. The topological polar surface area (TPSA) is 108 Å². The summed E-state index contributed by atoms with van der Waals surface area (Å²) in [7, 11) is 0. The van der Waals surface area contributed by atoms with E-state index in [4.69, 9.17) is 0 Å². The van der Waals surface area contributed by atoms with Gasteiger partial charge in [-0.15, -0.1) is 5.10 Å². The average Bonchev–Trinajstić information content (AvgIpc) is 2.83. The molecule has 0 atom stereocenters. The second kappa shape index (κ2) is 5.45. The van der Waals surface area contributed by atoms with Crippen LogP contribution in [0.2, 0.25) is 0 Å². The van der Waals surface area contributed by atoms with Gasteiger partial charge in [0.2, 0.25) is 0 Å². The van der Waals surface area contributed by atoms with Gasteiger partial charge in [-0.2, -0.15) is 5.21 Å². The van der Waals surface area contributed by atoms with Crippen molar-refractivity contribution >= 4 is 17.7 Å². The lowest BCUT2D eigenvalue weighted by atomic mass is 10.3. The zero-order chi connectivity index (χ0) is 11.9. The lowest BCUT2D eigenvalue weighted by Gasteiger charge is -2.07. The maximum Gasteiger partial charge on any atom is 0.320 e.